The van der Waals surface area contributed by atoms with Crippen molar-refractivity contribution in [3.05, 3.63) is 55.6 Å². The van der Waals surface area contributed by atoms with E-state index >= 15 is 0 Å². The third-order valence-corrected chi connectivity index (χ3v) is 4.87. The summed E-state index contributed by atoms with van der Waals surface area (Å²) in [6.07, 6.45) is 10.7. The van der Waals surface area contributed by atoms with Gasteiger partial charge in [0.15, 0.2) is 0 Å². The Morgan fingerprint density at radius 1 is 1.31 bits per heavy atom. The van der Waals surface area contributed by atoms with Crippen LogP contribution in [0.25, 0.3) is 22.2 Å². The number of carbonyl (C=O) groups is 1. The van der Waals surface area contributed by atoms with Crippen LogP contribution in [-0.2, 0) is 4.79 Å². The molecular formula is C20H21N5O. The first-order valence-corrected chi connectivity index (χ1v) is 8.80. The van der Waals surface area contributed by atoms with Gasteiger partial charge >= 0.3 is 0 Å². The van der Waals surface area contributed by atoms with Crippen molar-refractivity contribution in [1.82, 2.24) is 19.9 Å². The molecule has 0 saturated carbocycles. The van der Waals surface area contributed by atoms with Crippen LogP contribution in [-0.4, -0.2) is 44.9 Å². The molecule has 26 heavy (non-hydrogen) atoms. The van der Waals surface area contributed by atoms with Crippen molar-refractivity contribution in [2.75, 3.05) is 18.4 Å². The molecule has 0 radical (unpaired) electrons. The van der Waals surface area contributed by atoms with Gasteiger partial charge in [-0.05, 0) is 42.7 Å². The summed E-state index contributed by atoms with van der Waals surface area (Å²) in [5.74, 6) is 0.0147. The summed E-state index contributed by atoms with van der Waals surface area (Å²) in [4.78, 5) is 25.4. The maximum atomic E-state index is 11.7. The number of carbonyl (C=O) groups excluding carboxylic acids is 1. The first kappa shape index (κ1) is 16.3. The lowest BCUT2D eigenvalue weighted by Crippen LogP contribution is -2.41. The number of amides is 1. The Hall–Kier alpha value is -3.15. The fourth-order valence-electron chi connectivity index (χ4n) is 3.46. The number of fused-ring (bicyclic) bond motifs is 1. The lowest BCUT2D eigenvalue weighted by molar-refractivity contribution is -0.126. The average molecular weight is 347 g/mol. The monoisotopic (exact) mass is 347 g/mol. The minimum Gasteiger partial charge on any atom is -0.381 e. The number of piperidine rings is 1. The quantitative estimate of drug-likeness (QED) is 0.711. The van der Waals surface area contributed by atoms with Gasteiger partial charge in [0.2, 0.25) is 5.91 Å². The zero-order chi connectivity index (χ0) is 17.9. The summed E-state index contributed by atoms with van der Waals surface area (Å²) in [6.45, 7) is 5.07. The number of aromatic nitrogens is 3. The molecule has 0 aliphatic carbocycles. The number of nitrogens with one attached hydrogen (secondary N) is 2. The van der Waals surface area contributed by atoms with Crippen molar-refractivity contribution >= 4 is 22.6 Å². The second kappa shape index (κ2) is 7.00. The second-order valence-corrected chi connectivity index (χ2v) is 6.51. The van der Waals surface area contributed by atoms with E-state index in [9.17, 15) is 4.79 Å². The van der Waals surface area contributed by atoms with Gasteiger partial charge in [0, 0.05) is 48.7 Å². The summed E-state index contributed by atoms with van der Waals surface area (Å²) in [5.41, 5.74) is 4.10. The molecule has 1 amide bonds. The molecule has 0 aromatic carbocycles. The number of hydrogen-bond acceptors (Lipinski definition) is 4. The molecule has 1 aliphatic heterocycles. The Morgan fingerprint density at radius 2 is 2.08 bits per heavy atom. The minimum atomic E-state index is 0.0147. The van der Waals surface area contributed by atoms with E-state index in [2.05, 4.69) is 32.9 Å². The molecule has 0 spiro atoms. The third kappa shape index (κ3) is 3.18. The van der Waals surface area contributed by atoms with Gasteiger partial charge in [-0.15, -0.1) is 0 Å². The van der Waals surface area contributed by atoms with E-state index in [1.54, 1.807) is 12.4 Å². The molecule has 0 bridgehead atoms. The van der Waals surface area contributed by atoms with E-state index in [-0.39, 0.29) is 5.91 Å². The summed E-state index contributed by atoms with van der Waals surface area (Å²) in [5, 5.41) is 4.65. The number of hydrogen-bond donors (Lipinski definition) is 2. The van der Waals surface area contributed by atoms with Gasteiger partial charge in [0.05, 0.1) is 11.9 Å². The number of rotatable bonds is 4. The third-order valence-electron chi connectivity index (χ3n) is 4.87. The molecule has 1 saturated heterocycles. The molecule has 0 atom stereocenters. The first-order valence-electron chi connectivity index (χ1n) is 8.80. The molecular weight excluding hydrogens is 326 g/mol. The van der Waals surface area contributed by atoms with E-state index in [4.69, 9.17) is 0 Å². The number of nitrogens with zero attached hydrogens (tertiary/aromatic N) is 3. The molecule has 6 nitrogen and oxygen atoms in total. The second-order valence-electron chi connectivity index (χ2n) is 6.51. The van der Waals surface area contributed by atoms with Gasteiger partial charge in [-0.3, -0.25) is 9.78 Å². The molecule has 3 aromatic heterocycles. The van der Waals surface area contributed by atoms with Crippen LogP contribution >= 0.6 is 0 Å². The van der Waals surface area contributed by atoms with E-state index < -0.39 is 0 Å². The van der Waals surface area contributed by atoms with Crippen LogP contribution in [0.1, 0.15) is 12.8 Å². The molecule has 1 aliphatic rings. The van der Waals surface area contributed by atoms with Gasteiger partial charge in [-0.25, -0.2) is 4.98 Å². The number of aromatic amines is 1. The predicted molar refractivity (Wildman–Crippen MR) is 103 cm³/mol. The summed E-state index contributed by atoms with van der Waals surface area (Å²) < 4.78 is 0. The van der Waals surface area contributed by atoms with Crippen LogP contribution in [0, 0.1) is 0 Å². The first-order chi connectivity index (χ1) is 12.7. The Morgan fingerprint density at radius 3 is 2.81 bits per heavy atom. The molecule has 2 N–H and O–H groups in total. The van der Waals surface area contributed by atoms with Crippen LogP contribution in [0.3, 0.4) is 0 Å². The Bertz CT molecular complexity index is 926. The average Bonchev–Trinajstić information content (AvgIpc) is 3.12. The fraction of sp³-hybridized carbons (Fsp3) is 0.250. The Kier molecular flexibility index (Phi) is 4.39. The maximum absolute atomic E-state index is 11.7. The Labute approximate surface area is 152 Å². The van der Waals surface area contributed by atoms with Crippen LogP contribution in [0.4, 0.5) is 5.69 Å². The smallest absolute Gasteiger partial charge is 0.245 e. The van der Waals surface area contributed by atoms with Crippen molar-refractivity contribution in [2.45, 2.75) is 18.9 Å². The Balaban J connectivity index is 1.51. The van der Waals surface area contributed by atoms with Gasteiger partial charge < -0.3 is 15.2 Å². The van der Waals surface area contributed by atoms with Gasteiger partial charge in [-0.1, -0.05) is 6.58 Å². The van der Waals surface area contributed by atoms with E-state index in [0.717, 1.165) is 53.8 Å². The van der Waals surface area contributed by atoms with Crippen LogP contribution in [0.2, 0.25) is 0 Å². The lowest BCUT2D eigenvalue weighted by Gasteiger charge is -2.32. The van der Waals surface area contributed by atoms with Gasteiger partial charge in [-0.2, -0.15) is 0 Å². The van der Waals surface area contributed by atoms with Crippen molar-refractivity contribution in [2.24, 2.45) is 0 Å². The van der Waals surface area contributed by atoms with Crippen molar-refractivity contribution in [3.63, 3.8) is 0 Å². The highest BCUT2D eigenvalue weighted by molar-refractivity contribution is 5.95. The number of pyridine rings is 2. The molecule has 4 rings (SSSR count). The van der Waals surface area contributed by atoms with Crippen LogP contribution < -0.4 is 5.32 Å². The minimum absolute atomic E-state index is 0.0147. The van der Waals surface area contributed by atoms with E-state index in [0.29, 0.717) is 6.04 Å². The maximum Gasteiger partial charge on any atom is 0.245 e. The predicted octanol–water partition coefficient (Wildman–Crippen LogP) is 3.21. The molecule has 1 fully saturated rings. The van der Waals surface area contributed by atoms with Crippen molar-refractivity contribution < 1.29 is 4.79 Å². The molecule has 4 heterocycles. The fourth-order valence-corrected chi connectivity index (χ4v) is 3.46. The van der Waals surface area contributed by atoms with Crippen molar-refractivity contribution in [3.8, 4) is 11.1 Å². The van der Waals surface area contributed by atoms with E-state index in [1.165, 1.54) is 6.08 Å². The number of H-pyrrole nitrogens is 1. The molecule has 132 valence electrons. The summed E-state index contributed by atoms with van der Waals surface area (Å²) in [6, 6.07) is 6.46. The zero-order valence-corrected chi connectivity index (χ0v) is 14.5. The van der Waals surface area contributed by atoms with E-state index in [1.807, 2.05) is 29.4 Å². The lowest BCUT2D eigenvalue weighted by atomic mass is 10.0. The van der Waals surface area contributed by atoms with Crippen LogP contribution in [0.15, 0.2) is 55.6 Å². The van der Waals surface area contributed by atoms with Crippen molar-refractivity contribution in [1.29, 1.82) is 0 Å². The normalized spacial score (nSPS) is 15.2. The topological polar surface area (TPSA) is 73.9 Å². The highest BCUT2D eigenvalue weighted by Gasteiger charge is 2.21. The SMILES string of the molecule is C=CC(=O)N1CCC(Nc2cnc3[nH]cc(-c4ccncc4)c3c2)CC1. The standard InChI is InChI=1S/C20H21N5O/c1-2-19(26)25-9-5-15(6-10-25)24-16-11-17-18(13-23-20(17)22-12-16)14-3-7-21-8-4-14/h2-4,7-8,11-13,15,24H,1,5-6,9-10H2,(H,22,23). The highest BCUT2D eigenvalue weighted by Crippen LogP contribution is 2.29. The zero-order valence-electron chi connectivity index (χ0n) is 14.5. The highest BCUT2D eigenvalue weighted by atomic mass is 16.2. The molecule has 3 aromatic rings. The number of likely N-dealkylation sites (tertiary alicyclic amines) is 1. The summed E-state index contributed by atoms with van der Waals surface area (Å²) >= 11 is 0. The van der Waals surface area contributed by atoms with Gasteiger partial charge in [0.1, 0.15) is 5.65 Å². The molecule has 6 heteroatoms. The number of anilines is 1. The largest absolute Gasteiger partial charge is 0.381 e. The summed E-state index contributed by atoms with van der Waals surface area (Å²) in [7, 11) is 0. The molecule has 0 unspecified atom stereocenters. The van der Waals surface area contributed by atoms with Crippen LogP contribution in [0.5, 0.6) is 0 Å². The van der Waals surface area contributed by atoms with Gasteiger partial charge in [0.25, 0.3) is 0 Å².